The molecule has 126 valence electrons. The van der Waals surface area contributed by atoms with Crippen LogP contribution in [0.4, 0.5) is 0 Å². The number of ether oxygens (including phenoxy) is 2. The second kappa shape index (κ2) is 6.99. The molecule has 0 bridgehead atoms. The van der Waals surface area contributed by atoms with Crippen LogP contribution in [0.25, 0.3) is 21.1 Å². The van der Waals surface area contributed by atoms with Crippen molar-refractivity contribution < 1.29 is 13.9 Å². The molecule has 3 aromatic carbocycles. The number of benzene rings is 3. The maximum absolute atomic E-state index is 11.2. The second-order valence-electron chi connectivity index (χ2n) is 5.59. The van der Waals surface area contributed by atoms with Gasteiger partial charge in [0.15, 0.2) is 5.58 Å². The highest BCUT2D eigenvalue weighted by Gasteiger charge is 2.04. The van der Waals surface area contributed by atoms with Crippen LogP contribution in [0, 0.1) is 0 Å². The van der Waals surface area contributed by atoms with Crippen molar-refractivity contribution in [3.05, 3.63) is 70.4 Å². The third-order valence-corrected chi connectivity index (χ3v) is 4.67. The molecule has 0 saturated carbocycles. The lowest BCUT2D eigenvalue weighted by Crippen LogP contribution is -2.05. The highest BCUT2D eigenvalue weighted by atomic mass is 32.1. The third kappa shape index (κ3) is 3.51. The first-order valence-corrected chi connectivity index (χ1v) is 8.88. The molecule has 0 aliphatic carbocycles. The minimum atomic E-state index is -0.296. The molecule has 0 unspecified atom stereocenters. The lowest BCUT2D eigenvalue weighted by Gasteiger charge is -2.10. The van der Waals surface area contributed by atoms with Gasteiger partial charge in [-0.15, -0.1) is 0 Å². The molecule has 0 radical (unpaired) electrons. The van der Waals surface area contributed by atoms with E-state index in [0.29, 0.717) is 24.5 Å². The molecule has 0 amide bonds. The molecule has 0 aliphatic rings. The van der Waals surface area contributed by atoms with E-state index in [1.165, 1.54) is 5.39 Å². The molecule has 0 aliphatic heterocycles. The fourth-order valence-corrected chi connectivity index (χ4v) is 3.34. The van der Waals surface area contributed by atoms with E-state index in [2.05, 4.69) is 18.2 Å². The summed E-state index contributed by atoms with van der Waals surface area (Å²) in [7, 11) is 0. The highest BCUT2D eigenvalue weighted by molar-refractivity contribution is 7.16. The Morgan fingerprint density at radius 2 is 1.76 bits per heavy atom. The lowest BCUT2D eigenvalue weighted by molar-refractivity contribution is 0.249. The summed E-state index contributed by atoms with van der Waals surface area (Å²) < 4.78 is 17.5. The summed E-state index contributed by atoms with van der Waals surface area (Å²) >= 11 is 1.09. The van der Waals surface area contributed by atoms with Crippen LogP contribution < -0.4 is 14.4 Å². The van der Waals surface area contributed by atoms with E-state index in [1.54, 1.807) is 6.07 Å². The average Bonchev–Trinajstić information content (AvgIpc) is 3.01. The number of hydrogen-bond acceptors (Lipinski definition) is 5. The van der Waals surface area contributed by atoms with Crippen molar-refractivity contribution in [1.82, 2.24) is 0 Å². The predicted molar refractivity (Wildman–Crippen MR) is 99.9 cm³/mol. The van der Waals surface area contributed by atoms with E-state index in [-0.39, 0.29) is 4.94 Å². The minimum Gasteiger partial charge on any atom is -0.493 e. The summed E-state index contributed by atoms with van der Waals surface area (Å²) in [6.45, 7) is 1.11. The van der Waals surface area contributed by atoms with Gasteiger partial charge in [-0.1, -0.05) is 47.7 Å². The first kappa shape index (κ1) is 15.7. The monoisotopic (exact) mass is 352 g/mol. The molecule has 5 heteroatoms. The largest absolute Gasteiger partial charge is 0.493 e. The fourth-order valence-electron chi connectivity index (χ4n) is 2.70. The first-order valence-electron chi connectivity index (χ1n) is 8.07. The van der Waals surface area contributed by atoms with Crippen molar-refractivity contribution in [2.24, 2.45) is 0 Å². The quantitative estimate of drug-likeness (QED) is 0.465. The molecule has 4 rings (SSSR count). The Bertz CT molecular complexity index is 1060. The van der Waals surface area contributed by atoms with Crippen LogP contribution in [0.1, 0.15) is 6.42 Å². The van der Waals surface area contributed by atoms with Crippen LogP contribution in [0.5, 0.6) is 11.5 Å². The predicted octanol–water partition coefficient (Wildman–Crippen LogP) is 4.86. The van der Waals surface area contributed by atoms with E-state index in [0.717, 1.165) is 33.6 Å². The van der Waals surface area contributed by atoms with Crippen LogP contribution in [0.3, 0.4) is 0 Å². The number of hydrogen-bond donors (Lipinski definition) is 0. The minimum absolute atomic E-state index is 0.296. The van der Waals surface area contributed by atoms with Gasteiger partial charge in [0.1, 0.15) is 11.5 Å². The summed E-state index contributed by atoms with van der Waals surface area (Å²) in [5, 5.41) is 2.28. The summed E-state index contributed by atoms with van der Waals surface area (Å²) in [6.07, 6.45) is 0.759. The van der Waals surface area contributed by atoms with E-state index in [4.69, 9.17) is 13.9 Å². The van der Waals surface area contributed by atoms with Crippen molar-refractivity contribution in [1.29, 1.82) is 0 Å². The molecule has 0 spiro atoms. The smallest absolute Gasteiger partial charge is 0.396 e. The Hall–Kier alpha value is -2.79. The summed E-state index contributed by atoms with van der Waals surface area (Å²) in [5.41, 5.74) is 0.569. The Morgan fingerprint density at radius 1 is 0.920 bits per heavy atom. The molecule has 4 aromatic rings. The van der Waals surface area contributed by atoms with Crippen molar-refractivity contribution >= 4 is 32.4 Å². The SMILES string of the molecule is O=c1oc2cc(OCCCOc3cccc4ccccc34)ccc2s1. The third-order valence-electron chi connectivity index (χ3n) is 3.87. The van der Waals surface area contributed by atoms with Gasteiger partial charge in [0, 0.05) is 17.9 Å². The molecule has 0 atom stereocenters. The van der Waals surface area contributed by atoms with Gasteiger partial charge < -0.3 is 13.9 Å². The zero-order valence-corrected chi connectivity index (χ0v) is 14.3. The van der Waals surface area contributed by atoms with Gasteiger partial charge in [-0.3, -0.25) is 0 Å². The maximum atomic E-state index is 11.2. The van der Waals surface area contributed by atoms with Crippen LogP contribution in [-0.4, -0.2) is 13.2 Å². The molecule has 1 aromatic heterocycles. The van der Waals surface area contributed by atoms with Gasteiger partial charge in [0.05, 0.1) is 17.9 Å². The number of rotatable bonds is 6. The van der Waals surface area contributed by atoms with Crippen molar-refractivity contribution in [3.63, 3.8) is 0 Å². The molecule has 1 heterocycles. The van der Waals surface area contributed by atoms with E-state index in [1.807, 2.05) is 36.4 Å². The average molecular weight is 352 g/mol. The van der Waals surface area contributed by atoms with Crippen LogP contribution in [-0.2, 0) is 0 Å². The molecule has 0 fully saturated rings. The molecule has 25 heavy (non-hydrogen) atoms. The maximum Gasteiger partial charge on any atom is 0.396 e. The van der Waals surface area contributed by atoms with Gasteiger partial charge in [-0.05, 0) is 23.6 Å². The summed E-state index contributed by atoms with van der Waals surface area (Å²) in [5.74, 6) is 1.58. The fraction of sp³-hybridized carbons (Fsp3) is 0.150. The topological polar surface area (TPSA) is 48.7 Å². The van der Waals surface area contributed by atoms with E-state index in [9.17, 15) is 4.79 Å². The standard InChI is InChI=1S/C20H16O4S/c21-20-24-18-13-15(9-10-19(18)25-20)22-11-4-12-23-17-8-3-6-14-5-1-2-7-16(14)17/h1-3,5-10,13H,4,11-12H2. The zero-order chi connectivity index (χ0) is 17.1. The number of fused-ring (bicyclic) bond motifs is 2. The molecule has 0 N–H and O–H groups in total. The van der Waals surface area contributed by atoms with Gasteiger partial charge in [-0.25, -0.2) is 4.79 Å². The normalized spacial score (nSPS) is 11.0. The van der Waals surface area contributed by atoms with Gasteiger partial charge in [0.25, 0.3) is 0 Å². The molecule has 4 nitrogen and oxygen atoms in total. The van der Waals surface area contributed by atoms with Crippen molar-refractivity contribution in [3.8, 4) is 11.5 Å². The molecular formula is C20H16O4S. The second-order valence-corrected chi connectivity index (χ2v) is 6.57. The van der Waals surface area contributed by atoms with Crippen molar-refractivity contribution in [2.75, 3.05) is 13.2 Å². The first-order chi connectivity index (χ1) is 12.3. The van der Waals surface area contributed by atoms with Crippen molar-refractivity contribution in [2.45, 2.75) is 6.42 Å². The van der Waals surface area contributed by atoms with E-state index >= 15 is 0 Å². The summed E-state index contributed by atoms with van der Waals surface area (Å²) in [4.78, 5) is 10.9. The van der Waals surface area contributed by atoms with E-state index < -0.39 is 0 Å². The highest BCUT2D eigenvalue weighted by Crippen LogP contribution is 2.25. The zero-order valence-electron chi connectivity index (χ0n) is 13.4. The lowest BCUT2D eigenvalue weighted by atomic mass is 10.1. The molecule has 0 saturated heterocycles. The van der Waals surface area contributed by atoms with Gasteiger partial charge in [0.2, 0.25) is 0 Å². The Morgan fingerprint density at radius 3 is 2.72 bits per heavy atom. The summed E-state index contributed by atoms with van der Waals surface area (Å²) in [6, 6.07) is 19.7. The van der Waals surface area contributed by atoms with Crippen LogP contribution >= 0.6 is 11.3 Å². The van der Waals surface area contributed by atoms with Crippen LogP contribution in [0.15, 0.2) is 69.9 Å². The Balaban J connectivity index is 1.32. The van der Waals surface area contributed by atoms with Gasteiger partial charge >= 0.3 is 4.94 Å². The van der Waals surface area contributed by atoms with Crippen LogP contribution in [0.2, 0.25) is 0 Å². The van der Waals surface area contributed by atoms with Gasteiger partial charge in [-0.2, -0.15) is 0 Å². The Kier molecular flexibility index (Phi) is 4.39. The Labute approximate surface area is 148 Å². The molecular weight excluding hydrogens is 336 g/mol.